The molecule has 4 N–H and O–H groups in total. The lowest BCUT2D eigenvalue weighted by atomic mass is 10.1. The van der Waals surface area contributed by atoms with Crippen molar-refractivity contribution in [3.8, 4) is 11.8 Å². The van der Waals surface area contributed by atoms with E-state index >= 15 is 0 Å². The van der Waals surface area contributed by atoms with Gasteiger partial charge in [-0.3, -0.25) is 9.89 Å². The molecule has 1 aromatic heterocycles. The molecule has 108 valence electrons. The van der Waals surface area contributed by atoms with E-state index in [2.05, 4.69) is 27.4 Å². The zero-order valence-corrected chi connectivity index (χ0v) is 11.5. The number of hydrogen-bond acceptors (Lipinski definition) is 3. The van der Waals surface area contributed by atoms with E-state index in [1.165, 1.54) is 18.2 Å². The Morgan fingerprint density at radius 1 is 1.52 bits per heavy atom. The number of amides is 1. The van der Waals surface area contributed by atoms with Crippen molar-refractivity contribution < 1.29 is 9.18 Å². The molecule has 0 fully saturated rings. The summed E-state index contributed by atoms with van der Waals surface area (Å²) in [6, 6.07) is 3.86. The molecule has 0 radical (unpaired) electrons. The van der Waals surface area contributed by atoms with Gasteiger partial charge in [0, 0.05) is 23.4 Å². The molecule has 0 spiro atoms. The van der Waals surface area contributed by atoms with Crippen LogP contribution in [0.2, 0.25) is 0 Å². The van der Waals surface area contributed by atoms with Crippen molar-refractivity contribution in [3.05, 3.63) is 52.6 Å². The maximum Gasteiger partial charge on any atom is 0.252 e. The summed E-state index contributed by atoms with van der Waals surface area (Å²) < 4.78 is 13.3. The fourth-order valence-corrected chi connectivity index (χ4v) is 1.79. The summed E-state index contributed by atoms with van der Waals surface area (Å²) in [5, 5.41) is 9.43. The quantitative estimate of drug-likeness (QED) is 0.739. The molecule has 0 aliphatic rings. The zero-order valence-electron chi connectivity index (χ0n) is 11.5. The molecule has 0 saturated heterocycles. The van der Waals surface area contributed by atoms with Gasteiger partial charge in [0.2, 0.25) is 0 Å². The minimum atomic E-state index is -0.446. The number of carbonyl (C=O) groups excluding carboxylic acids is 1. The monoisotopic (exact) mass is 286 g/mol. The van der Waals surface area contributed by atoms with Crippen molar-refractivity contribution in [3.63, 3.8) is 0 Å². The Hall–Kier alpha value is -2.65. The van der Waals surface area contributed by atoms with Gasteiger partial charge in [0.25, 0.3) is 5.91 Å². The lowest BCUT2D eigenvalue weighted by Gasteiger charge is -2.07. The zero-order chi connectivity index (χ0) is 15.2. The lowest BCUT2D eigenvalue weighted by molar-refractivity contribution is 0.0950. The highest BCUT2D eigenvalue weighted by Crippen LogP contribution is 2.11. The van der Waals surface area contributed by atoms with Gasteiger partial charge in [-0.2, -0.15) is 5.10 Å². The standard InChI is InChI=1S/C15H15FN4O/c1-10-12(9-19-20-10)8-18-15(21)14-5-4-13(16)7-11(14)3-2-6-17/h4-5,7,9H,6,8,17H2,1H3,(H,18,21)(H,19,20). The normalized spacial score (nSPS) is 9.86. The minimum absolute atomic E-state index is 0.145. The predicted octanol–water partition coefficient (Wildman–Crippen LogP) is 1.10. The third kappa shape index (κ3) is 3.68. The average molecular weight is 286 g/mol. The summed E-state index contributed by atoms with van der Waals surface area (Å²) in [7, 11) is 0. The molecule has 21 heavy (non-hydrogen) atoms. The number of aromatic nitrogens is 2. The lowest BCUT2D eigenvalue weighted by Crippen LogP contribution is -2.24. The number of nitrogens with zero attached hydrogens (tertiary/aromatic N) is 1. The van der Waals surface area contributed by atoms with Crippen molar-refractivity contribution in [2.45, 2.75) is 13.5 Å². The molecule has 0 bridgehead atoms. The summed E-state index contributed by atoms with van der Waals surface area (Å²) in [6.07, 6.45) is 1.65. The molecule has 6 heteroatoms. The molecule has 0 unspecified atom stereocenters. The molecule has 0 aliphatic carbocycles. The number of halogens is 1. The first-order valence-corrected chi connectivity index (χ1v) is 6.37. The third-order valence-corrected chi connectivity index (χ3v) is 2.93. The van der Waals surface area contributed by atoms with Crippen LogP contribution < -0.4 is 11.1 Å². The van der Waals surface area contributed by atoms with Crippen LogP contribution in [-0.2, 0) is 6.54 Å². The highest BCUT2D eigenvalue weighted by molar-refractivity contribution is 5.96. The molecule has 5 nitrogen and oxygen atoms in total. The number of aromatic amines is 1. The Morgan fingerprint density at radius 3 is 3.00 bits per heavy atom. The molecule has 0 saturated carbocycles. The molecular weight excluding hydrogens is 271 g/mol. The van der Waals surface area contributed by atoms with Gasteiger partial charge in [-0.15, -0.1) is 0 Å². The second-order valence-corrected chi connectivity index (χ2v) is 4.40. The molecule has 2 aromatic rings. The Bertz CT molecular complexity index is 712. The average Bonchev–Trinajstić information content (AvgIpc) is 2.88. The fraction of sp³-hybridized carbons (Fsp3) is 0.200. The van der Waals surface area contributed by atoms with Gasteiger partial charge in [0.1, 0.15) is 5.82 Å². The number of benzene rings is 1. The van der Waals surface area contributed by atoms with Crippen LogP contribution in [0.1, 0.15) is 27.2 Å². The van der Waals surface area contributed by atoms with Crippen LogP contribution >= 0.6 is 0 Å². The van der Waals surface area contributed by atoms with E-state index in [9.17, 15) is 9.18 Å². The van der Waals surface area contributed by atoms with Crippen LogP contribution in [0.5, 0.6) is 0 Å². The van der Waals surface area contributed by atoms with Gasteiger partial charge in [0.05, 0.1) is 18.3 Å². The maximum absolute atomic E-state index is 13.3. The molecular formula is C15H15FN4O. The molecule has 1 aromatic carbocycles. The SMILES string of the molecule is Cc1[nH]ncc1CNC(=O)c1ccc(F)cc1C#CCN. The first-order chi connectivity index (χ1) is 10.1. The molecule has 2 rings (SSSR count). The number of hydrogen-bond donors (Lipinski definition) is 3. The second kappa shape index (κ2) is 6.68. The number of aryl methyl sites for hydroxylation is 1. The van der Waals surface area contributed by atoms with Gasteiger partial charge in [0.15, 0.2) is 0 Å². The summed E-state index contributed by atoms with van der Waals surface area (Å²) in [5.41, 5.74) is 7.72. The smallest absolute Gasteiger partial charge is 0.252 e. The van der Waals surface area contributed by atoms with E-state index in [0.717, 1.165) is 11.3 Å². The Kier molecular flexibility index (Phi) is 4.69. The number of nitrogens with two attached hydrogens (primary N) is 1. The number of carbonyl (C=O) groups is 1. The second-order valence-electron chi connectivity index (χ2n) is 4.40. The highest BCUT2D eigenvalue weighted by atomic mass is 19.1. The first-order valence-electron chi connectivity index (χ1n) is 6.37. The van der Waals surface area contributed by atoms with E-state index in [-0.39, 0.29) is 12.5 Å². The number of H-pyrrole nitrogens is 1. The topological polar surface area (TPSA) is 83.8 Å². The first kappa shape index (κ1) is 14.8. The van der Waals surface area contributed by atoms with Gasteiger partial charge in [-0.1, -0.05) is 11.8 Å². The van der Waals surface area contributed by atoms with Crippen molar-refractivity contribution in [2.24, 2.45) is 5.73 Å². The molecule has 0 atom stereocenters. The third-order valence-electron chi connectivity index (χ3n) is 2.93. The van der Waals surface area contributed by atoms with Crippen LogP contribution in [0.15, 0.2) is 24.4 Å². The van der Waals surface area contributed by atoms with E-state index in [1.54, 1.807) is 6.20 Å². The Balaban J connectivity index is 2.17. The van der Waals surface area contributed by atoms with Gasteiger partial charge in [-0.25, -0.2) is 4.39 Å². The highest BCUT2D eigenvalue weighted by Gasteiger charge is 2.11. The van der Waals surface area contributed by atoms with Gasteiger partial charge < -0.3 is 11.1 Å². The van der Waals surface area contributed by atoms with Crippen LogP contribution in [0.25, 0.3) is 0 Å². The number of nitrogens with one attached hydrogen (secondary N) is 2. The van der Waals surface area contributed by atoms with Crippen LogP contribution in [0, 0.1) is 24.6 Å². The van der Waals surface area contributed by atoms with Crippen LogP contribution in [-0.4, -0.2) is 22.6 Å². The number of rotatable bonds is 3. The van der Waals surface area contributed by atoms with Crippen LogP contribution in [0.4, 0.5) is 4.39 Å². The van der Waals surface area contributed by atoms with Crippen molar-refractivity contribution in [1.82, 2.24) is 15.5 Å². The van der Waals surface area contributed by atoms with Gasteiger partial charge in [-0.05, 0) is 25.1 Å². The summed E-state index contributed by atoms with van der Waals surface area (Å²) in [5.74, 6) is 4.56. The van der Waals surface area contributed by atoms with E-state index in [0.29, 0.717) is 17.7 Å². The molecule has 1 heterocycles. The van der Waals surface area contributed by atoms with Crippen molar-refractivity contribution in [1.29, 1.82) is 0 Å². The van der Waals surface area contributed by atoms with Crippen LogP contribution in [0.3, 0.4) is 0 Å². The summed E-state index contributed by atoms with van der Waals surface area (Å²) >= 11 is 0. The Morgan fingerprint density at radius 2 is 2.33 bits per heavy atom. The summed E-state index contributed by atoms with van der Waals surface area (Å²) in [6.45, 7) is 2.35. The van der Waals surface area contributed by atoms with E-state index in [1.807, 2.05) is 6.92 Å². The largest absolute Gasteiger partial charge is 0.348 e. The summed E-state index contributed by atoms with van der Waals surface area (Å²) in [4.78, 5) is 12.2. The maximum atomic E-state index is 13.3. The molecule has 1 amide bonds. The van der Waals surface area contributed by atoms with E-state index in [4.69, 9.17) is 5.73 Å². The fourth-order valence-electron chi connectivity index (χ4n) is 1.79. The molecule has 0 aliphatic heterocycles. The van der Waals surface area contributed by atoms with Crippen molar-refractivity contribution in [2.75, 3.05) is 6.54 Å². The predicted molar refractivity (Wildman–Crippen MR) is 76.8 cm³/mol. The minimum Gasteiger partial charge on any atom is -0.348 e. The van der Waals surface area contributed by atoms with E-state index < -0.39 is 5.82 Å². The van der Waals surface area contributed by atoms with Crippen molar-refractivity contribution >= 4 is 5.91 Å². The Labute approximate surface area is 121 Å². The van der Waals surface area contributed by atoms with Gasteiger partial charge >= 0.3 is 0 Å².